The molecule has 0 amide bonds. The van der Waals surface area contributed by atoms with Gasteiger partial charge in [0.2, 0.25) is 0 Å². The molecule has 270 valence electrons. The van der Waals surface area contributed by atoms with Gasteiger partial charge in [-0.3, -0.25) is 13.8 Å². The van der Waals surface area contributed by atoms with Crippen LogP contribution < -0.4 is 0 Å². The van der Waals surface area contributed by atoms with Crippen LogP contribution in [0.25, 0.3) is 0 Å². The highest BCUT2D eigenvalue weighted by molar-refractivity contribution is 7.47. The molecule has 0 aliphatic carbocycles. The molecule has 0 aromatic carbocycles. The van der Waals surface area contributed by atoms with Crippen LogP contribution in [0, 0.1) is 0 Å². The summed E-state index contributed by atoms with van der Waals surface area (Å²) in [6.07, 6.45) is 28.8. The normalized spacial score (nSPS) is 14.0. The maximum Gasteiger partial charge on any atom is 0.472 e. The van der Waals surface area contributed by atoms with Crippen molar-refractivity contribution in [1.29, 1.82) is 0 Å². The molecule has 9 heteroatoms. The van der Waals surface area contributed by atoms with Gasteiger partial charge in [0.25, 0.3) is 0 Å². The molecule has 0 saturated carbocycles. The Balaban J connectivity index is 4.03. The third-order valence-electron chi connectivity index (χ3n) is 8.17. The second kappa shape index (κ2) is 30.8. The summed E-state index contributed by atoms with van der Waals surface area (Å²) in [6, 6.07) is 0. The fourth-order valence-electron chi connectivity index (χ4n) is 5.20. The maximum atomic E-state index is 12.4. The summed E-state index contributed by atoms with van der Waals surface area (Å²) < 4.78 is 34.6. The molecule has 2 unspecified atom stereocenters. The van der Waals surface area contributed by atoms with Crippen molar-refractivity contribution in [3.05, 3.63) is 0 Å². The van der Waals surface area contributed by atoms with E-state index in [9.17, 15) is 14.3 Å². The van der Waals surface area contributed by atoms with Gasteiger partial charge in [0.05, 0.1) is 34.4 Å². The van der Waals surface area contributed by atoms with Crippen LogP contribution in [0.1, 0.15) is 168 Å². The third-order valence-corrected chi connectivity index (χ3v) is 9.15. The topological polar surface area (TPSA) is 91.3 Å². The zero-order valence-electron chi connectivity index (χ0n) is 30.4. The predicted octanol–water partition coefficient (Wildman–Crippen LogP) is 10.2. The van der Waals surface area contributed by atoms with Crippen molar-refractivity contribution in [2.75, 3.05) is 54.1 Å². The molecule has 0 spiro atoms. The first-order valence-electron chi connectivity index (χ1n) is 18.8. The van der Waals surface area contributed by atoms with E-state index < -0.39 is 13.9 Å². The van der Waals surface area contributed by atoms with Crippen LogP contribution >= 0.6 is 7.82 Å². The lowest BCUT2D eigenvalue weighted by Gasteiger charge is -2.24. The minimum absolute atomic E-state index is 0.0926. The molecule has 2 atom stereocenters. The van der Waals surface area contributed by atoms with Crippen molar-refractivity contribution in [2.24, 2.45) is 0 Å². The molecule has 1 N–H and O–H groups in total. The summed E-state index contributed by atoms with van der Waals surface area (Å²) in [7, 11) is 1.68. The van der Waals surface area contributed by atoms with Crippen LogP contribution in [0.4, 0.5) is 0 Å². The molecule has 0 aromatic heterocycles. The number of ether oxygens (including phenoxy) is 2. The van der Waals surface area contributed by atoms with E-state index in [0.29, 0.717) is 24.1 Å². The number of esters is 1. The number of nitrogens with zero attached hydrogens (tertiary/aromatic N) is 1. The lowest BCUT2D eigenvalue weighted by Crippen LogP contribution is -2.37. The highest BCUT2D eigenvalue weighted by Crippen LogP contribution is 2.43. The Morgan fingerprint density at radius 3 is 1.47 bits per heavy atom. The smallest absolute Gasteiger partial charge is 0.457 e. The zero-order valence-corrected chi connectivity index (χ0v) is 31.3. The van der Waals surface area contributed by atoms with Crippen LogP contribution in [0.5, 0.6) is 0 Å². The van der Waals surface area contributed by atoms with Crippen LogP contribution in [0.3, 0.4) is 0 Å². The number of phosphoric acid groups is 1. The molecule has 0 saturated heterocycles. The lowest BCUT2D eigenvalue weighted by molar-refractivity contribution is -0.870. The first-order valence-corrected chi connectivity index (χ1v) is 20.3. The van der Waals surface area contributed by atoms with Gasteiger partial charge in [-0.2, -0.15) is 0 Å². The lowest BCUT2D eigenvalue weighted by atomic mass is 10.0. The van der Waals surface area contributed by atoms with E-state index in [2.05, 4.69) is 13.8 Å². The minimum Gasteiger partial charge on any atom is -0.457 e. The van der Waals surface area contributed by atoms with E-state index in [4.69, 9.17) is 18.5 Å². The van der Waals surface area contributed by atoms with Gasteiger partial charge in [-0.25, -0.2) is 4.57 Å². The molecular formula is C36H75NO7P+. The first kappa shape index (κ1) is 44.5. The SMILES string of the molecule is CCCCCCCCCCCCCCCCCCCCOCC(COP(=O)(O)OCC[N+](C)(C)C)OC(=O)CCCCCCC. The number of phosphoric ester groups is 1. The van der Waals surface area contributed by atoms with Gasteiger partial charge < -0.3 is 18.9 Å². The number of carbonyl (C=O) groups excluding carboxylic acids is 1. The first-order chi connectivity index (χ1) is 21.6. The highest BCUT2D eigenvalue weighted by atomic mass is 31.2. The quantitative estimate of drug-likeness (QED) is 0.0312. The summed E-state index contributed by atoms with van der Waals surface area (Å²) in [6.45, 7) is 5.56. The number of hydrogen-bond donors (Lipinski definition) is 1. The van der Waals surface area contributed by atoms with Crippen molar-refractivity contribution in [1.82, 2.24) is 0 Å². The van der Waals surface area contributed by atoms with E-state index in [1.807, 2.05) is 21.1 Å². The van der Waals surface area contributed by atoms with Gasteiger partial charge in [0.1, 0.15) is 19.3 Å². The highest BCUT2D eigenvalue weighted by Gasteiger charge is 2.26. The van der Waals surface area contributed by atoms with E-state index in [1.54, 1.807) is 0 Å². The van der Waals surface area contributed by atoms with Crippen molar-refractivity contribution in [3.63, 3.8) is 0 Å². The number of hydrogen-bond acceptors (Lipinski definition) is 6. The fourth-order valence-corrected chi connectivity index (χ4v) is 5.94. The van der Waals surface area contributed by atoms with Crippen molar-refractivity contribution >= 4 is 13.8 Å². The van der Waals surface area contributed by atoms with E-state index >= 15 is 0 Å². The zero-order chi connectivity index (χ0) is 33.5. The number of carbonyl (C=O) groups is 1. The second-order valence-electron chi connectivity index (χ2n) is 14.0. The Kier molecular flexibility index (Phi) is 30.5. The molecule has 0 radical (unpaired) electrons. The van der Waals surface area contributed by atoms with Crippen LogP contribution in [0.15, 0.2) is 0 Å². The Hall–Kier alpha value is -0.500. The van der Waals surface area contributed by atoms with Crippen LogP contribution in [0.2, 0.25) is 0 Å². The summed E-state index contributed by atoms with van der Waals surface area (Å²) in [5, 5.41) is 0. The minimum atomic E-state index is -4.25. The van der Waals surface area contributed by atoms with Gasteiger partial charge in [0.15, 0.2) is 0 Å². The van der Waals surface area contributed by atoms with Crippen LogP contribution in [-0.2, 0) is 27.9 Å². The molecule has 0 aromatic rings. The van der Waals surface area contributed by atoms with Crippen molar-refractivity contribution < 1.29 is 37.3 Å². The van der Waals surface area contributed by atoms with Gasteiger partial charge in [-0.15, -0.1) is 0 Å². The van der Waals surface area contributed by atoms with Crippen molar-refractivity contribution in [3.8, 4) is 0 Å². The number of quaternary nitrogens is 1. The van der Waals surface area contributed by atoms with Crippen molar-refractivity contribution in [2.45, 2.75) is 174 Å². The molecule has 45 heavy (non-hydrogen) atoms. The largest absolute Gasteiger partial charge is 0.472 e. The number of rotatable bonds is 35. The van der Waals surface area contributed by atoms with Gasteiger partial charge in [0, 0.05) is 13.0 Å². The van der Waals surface area contributed by atoms with E-state index in [1.165, 1.54) is 109 Å². The fraction of sp³-hybridized carbons (Fsp3) is 0.972. The summed E-state index contributed by atoms with van der Waals surface area (Å²) >= 11 is 0. The Bertz CT molecular complexity index is 701. The maximum absolute atomic E-state index is 12.4. The molecule has 0 aliphatic heterocycles. The molecule has 0 aliphatic rings. The van der Waals surface area contributed by atoms with Crippen LogP contribution in [-0.4, -0.2) is 75.6 Å². The molecule has 8 nitrogen and oxygen atoms in total. The Morgan fingerprint density at radius 2 is 1.02 bits per heavy atom. The average Bonchev–Trinajstić information content (AvgIpc) is 2.98. The van der Waals surface area contributed by atoms with Gasteiger partial charge >= 0.3 is 13.8 Å². The monoisotopic (exact) mass is 665 g/mol. The molecule has 0 bridgehead atoms. The number of likely N-dealkylation sites (N-methyl/N-ethyl adjacent to an activating group) is 1. The molecular weight excluding hydrogens is 589 g/mol. The second-order valence-corrected chi connectivity index (χ2v) is 15.4. The number of unbranched alkanes of at least 4 members (excludes halogenated alkanes) is 21. The van der Waals surface area contributed by atoms with E-state index in [-0.39, 0.29) is 25.8 Å². The average molecular weight is 665 g/mol. The summed E-state index contributed by atoms with van der Waals surface area (Å²) in [4.78, 5) is 22.5. The summed E-state index contributed by atoms with van der Waals surface area (Å²) in [5.41, 5.74) is 0. The predicted molar refractivity (Wildman–Crippen MR) is 187 cm³/mol. The van der Waals surface area contributed by atoms with Gasteiger partial charge in [-0.1, -0.05) is 149 Å². The standard InChI is InChI=1S/C36H74NO7P/c1-6-8-10-12-13-14-15-16-17-18-19-20-21-22-23-24-26-28-31-41-33-35(44-36(38)29-27-25-11-9-7-2)34-43-45(39,40)42-32-30-37(3,4)5/h35H,6-34H2,1-5H3/p+1. The third kappa shape index (κ3) is 34.6. The van der Waals surface area contributed by atoms with E-state index in [0.717, 1.165) is 38.5 Å². The Morgan fingerprint density at radius 1 is 0.600 bits per heavy atom. The molecule has 0 rings (SSSR count). The van der Waals surface area contributed by atoms with Gasteiger partial charge in [-0.05, 0) is 12.8 Å². The molecule has 0 fully saturated rings. The molecule has 0 heterocycles. The summed E-state index contributed by atoms with van der Waals surface area (Å²) in [5.74, 6) is -0.324. The Labute approximate surface area is 278 Å².